The molecule has 1 saturated heterocycles. The Morgan fingerprint density at radius 2 is 0.894 bits per heavy atom. The molecule has 4 aromatic rings. The quantitative estimate of drug-likeness (QED) is 0.0178. The first-order valence-corrected chi connectivity index (χ1v) is 20.4. The third-order valence-corrected chi connectivity index (χ3v) is 10.1. The summed E-state index contributed by atoms with van der Waals surface area (Å²) in [6, 6.07) is 23.0. The summed E-state index contributed by atoms with van der Waals surface area (Å²) in [6.07, 6.45) is 0.695. The summed E-state index contributed by atoms with van der Waals surface area (Å²) in [4.78, 5) is 97.6. The number of hydrogen-bond acceptors (Lipinski definition) is 18. The average molecular weight is 907 g/mol. The summed E-state index contributed by atoms with van der Waals surface area (Å²) in [5, 5.41) is 0. The number of hydrogen-bond donors (Lipinski definition) is 0. The van der Waals surface area contributed by atoms with Crippen LogP contribution in [0.3, 0.4) is 0 Å². The molecule has 1 aliphatic heterocycles. The number of carbonyl (C=O) groups excluding carboxylic acids is 8. The van der Waals surface area contributed by atoms with E-state index in [0.717, 1.165) is 12.2 Å². The molecule has 0 unspecified atom stereocenters. The maximum Gasteiger partial charge on any atom is 0.513 e. The lowest BCUT2D eigenvalue weighted by Gasteiger charge is -2.19. The molecular weight excluding hydrogens is 865 g/mol. The van der Waals surface area contributed by atoms with Crippen molar-refractivity contribution in [1.82, 2.24) is 0 Å². The Hall–Kier alpha value is -8.12. The van der Waals surface area contributed by atoms with Crippen LogP contribution in [0.5, 0.6) is 23.0 Å². The van der Waals surface area contributed by atoms with E-state index in [1.165, 1.54) is 84.9 Å². The van der Waals surface area contributed by atoms with Gasteiger partial charge in [-0.05, 0) is 116 Å². The molecule has 0 bridgehead atoms. The second kappa shape index (κ2) is 23.0. The second-order valence-corrected chi connectivity index (χ2v) is 14.4. The van der Waals surface area contributed by atoms with E-state index in [1.54, 1.807) is 12.1 Å². The summed E-state index contributed by atoms with van der Waals surface area (Å²) in [5.41, 5.74) is 0.978. The number of ketones is 1. The van der Waals surface area contributed by atoms with Gasteiger partial charge in [-0.25, -0.2) is 33.6 Å². The van der Waals surface area contributed by atoms with Gasteiger partial charge in [0.2, 0.25) is 0 Å². The molecule has 1 heterocycles. The summed E-state index contributed by atoms with van der Waals surface area (Å²) >= 11 is 0. The summed E-state index contributed by atoms with van der Waals surface area (Å²) < 4.78 is 51.8. The van der Waals surface area contributed by atoms with Gasteiger partial charge in [-0.3, -0.25) is 4.79 Å². The Balaban J connectivity index is 0.900. The lowest BCUT2D eigenvalue weighted by atomic mass is 9.93. The van der Waals surface area contributed by atoms with E-state index in [0.29, 0.717) is 18.4 Å². The van der Waals surface area contributed by atoms with Gasteiger partial charge in [0.25, 0.3) is 0 Å². The molecule has 0 spiro atoms. The zero-order valence-corrected chi connectivity index (χ0v) is 35.1. The number of carbonyl (C=O) groups is 8. The van der Waals surface area contributed by atoms with E-state index in [1.807, 2.05) is 0 Å². The molecule has 66 heavy (non-hydrogen) atoms. The van der Waals surface area contributed by atoms with Gasteiger partial charge in [-0.15, -0.1) is 0 Å². The molecule has 2 aliphatic rings. The third-order valence-electron chi connectivity index (χ3n) is 10.1. The fourth-order valence-electron chi connectivity index (χ4n) is 6.89. The number of fused-ring (bicyclic) bond motifs is 1. The van der Waals surface area contributed by atoms with Gasteiger partial charge in [-0.1, -0.05) is 13.2 Å². The van der Waals surface area contributed by atoms with Gasteiger partial charge in [-0.2, -0.15) is 0 Å². The SMILES string of the molecule is C=CC(=O)OCCOC(=O)Oc1ccc(C(=O)Oc2ccc(C(=O)C[C@@H]3CC[C@@H]4[C@H]3OC[C@H]4OC(=O)c3ccc(OC(=O)c4ccc(OC(=O)OCCOC(=O)C=C)cc4)cc3)cc2)cc1. The molecule has 4 aromatic carbocycles. The summed E-state index contributed by atoms with van der Waals surface area (Å²) in [6.45, 7) is 5.90. The number of esters is 5. The lowest BCUT2D eigenvalue weighted by Crippen LogP contribution is -2.27. The highest BCUT2D eigenvalue weighted by molar-refractivity contribution is 5.97. The zero-order chi connectivity index (χ0) is 47.0. The Bertz CT molecular complexity index is 2250. The molecule has 18 nitrogen and oxygen atoms in total. The van der Waals surface area contributed by atoms with Crippen LogP contribution in [0.15, 0.2) is 122 Å². The zero-order valence-electron chi connectivity index (χ0n) is 35.1. The van der Waals surface area contributed by atoms with Gasteiger partial charge in [0.05, 0.1) is 29.4 Å². The monoisotopic (exact) mass is 906 g/mol. The van der Waals surface area contributed by atoms with Crippen LogP contribution in [0.25, 0.3) is 0 Å². The van der Waals surface area contributed by atoms with Crippen molar-refractivity contribution in [1.29, 1.82) is 0 Å². The molecule has 0 aromatic heterocycles. The first-order valence-electron chi connectivity index (χ1n) is 20.4. The highest BCUT2D eigenvalue weighted by Gasteiger charge is 2.48. The fraction of sp³-hybridized carbons (Fsp3) is 0.250. The van der Waals surface area contributed by atoms with E-state index in [9.17, 15) is 38.4 Å². The first kappa shape index (κ1) is 47.4. The predicted octanol–water partition coefficient (Wildman–Crippen LogP) is 6.84. The second-order valence-electron chi connectivity index (χ2n) is 14.4. The van der Waals surface area contributed by atoms with Crippen molar-refractivity contribution in [2.45, 2.75) is 31.5 Å². The van der Waals surface area contributed by atoms with Crippen molar-refractivity contribution in [3.63, 3.8) is 0 Å². The standard InChI is InChI=1S/C48H42O18/c1-3-41(50)57-23-25-59-47(55)64-36-18-9-30(10-19-36)44(52)62-34-14-5-29(6-15-34)39(49)27-33-13-22-38-40(28-61-43(33)38)66-46(54)32-7-16-35(17-8-32)63-45(53)31-11-20-37(21-12-31)65-48(56)60-26-24-58-42(51)4-2/h3-12,14-21,33,38,40,43H,1-2,13,22-28H2/t33-,38-,40+,43-/m0/s1. The van der Waals surface area contributed by atoms with Crippen molar-refractivity contribution in [3.8, 4) is 23.0 Å². The number of ether oxygens (including phenoxy) is 10. The van der Waals surface area contributed by atoms with Gasteiger partial charge in [0, 0.05) is 30.1 Å². The molecular formula is C48H42O18. The van der Waals surface area contributed by atoms with Crippen LogP contribution in [0, 0.1) is 11.8 Å². The predicted molar refractivity (Wildman–Crippen MR) is 226 cm³/mol. The maximum absolute atomic E-state index is 13.3. The molecule has 1 aliphatic carbocycles. The van der Waals surface area contributed by atoms with Gasteiger partial charge in [0.15, 0.2) is 5.78 Å². The van der Waals surface area contributed by atoms with Crippen LogP contribution in [0.2, 0.25) is 0 Å². The van der Waals surface area contributed by atoms with Crippen LogP contribution in [-0.2, 0) is 38.0 Å². The van der Waals surface area contributed by atoms with Crippen molar-refractivity contribution in [3.05, 3.63) is 145 Å². The minimum atomic E-state index is -1.03. The minimum absolute atomic E-state index is 0.0958. The van der Waals surface area contributed by atoms with Crippen molar-refractivity contribution < 1.29 is 85.7 Å². The minimum Gasteiger partial charge on any atom is -0.459 e. The highest BCUT2D eigenvalue weighted by atomic mass is 16.7. The van der Waals surface area contributed by atoms with E-state index < -0.39 is 48.3 Å². The summed E-state index contributed by atoms with van der Waals surface area (Å²) in [5.74, 6) is -3.03. The topological polar surface area (TPSA) is 229 Å². The lowest BCUT2D eigenvalue weighted by molar-refractivity contribution is -0.139. The van der Waals surface area contributed by atoms with Crippen molar-refractivity contribution >= 4 is 47.9 Å². The number of benzene rings is 4. The fourth-order valence-corrected chi connectivity index (χ4v) is 6.89. The van der Waals surface area contributed by atoms with E-state index >= 15 is 0 Å². The maximum atomic E-state index is 13.3. The van der Waals surface area contributed by atoms with E-state index in [4.69, 9.17) is 47.4 Å². The van der Waals surface area contributed by atoms with Gasteiger partial charge >= 0.3 is 42.2 Å². The molecule has 0 N–H and O–H groups in total. The van der Waals surface area contributed by atoms with Crippen molar-refractivity contribution in [2.24, 2.45) is 11.8 Å². The Morgan fingerprint density at radius 3 is 1.33 bits per heavy atom. The Labute approximate surface area is 376 Å². The molecule has 342 valence electrons. The Kier molecular flexibility index (Phi) is 16.5. The van der Waals surface area contributed by atoms with E-state index in [-0.39, 0.29) is 103 Å². The number of rotatable bonds is 19. The van der Waals surface area contributed by atoms with Gasteiger partial charge < -0.3 is 47.4 Å². The summed E-state index contributed by atoms with van der Waals surface area (Å²) in [7, 11) is 0. The molecule has 6 rings (SSSR count). The third kappa shape index (κ3) is 13.4. The van der Waals surface area contributed by atoms with Crippen LogP contribution in [0.1, 0.15) is 60.7 Å². The molecule has 0 amide bonds. The largest absolute Gasteiger partial charge is 0.513 e. The number of Topliss-reactive ketones (excluding diaryl/α,β-unsaturated/α-hetero) is 1. The molecule has 1 saturated carbocycles. The van der Waals surface area contributed by atoms with Crippen molar-refractivity contribution in [2.75, 3.05) is 33.0 Å². The van der Waals surface area contributed by atoms with Crippen LogP contribution < -0.4 is 18.9 Å². The highest BCUT2D eigenvalue weighted by Crippen LogP contribution is 2.43. The first-order chi connectivity index (χ1) is 31.9. The molecule has 2 fully saturated rings. The average Bonchev–Trinajstić information content (AvgIpc) is 3.92. The van der Waals surface area contributed by atoms with E-state index in [2.05, 4.69) is 13.2 Å². The van der Waals surface area contributed by atoms with Gasteiger partial charge in [0.1, 0.15) is 55.5 Å². The van der Waals surface area contributed by atoms with Crippen LogP contribution in [-0.4, -0.2) is 93.2 Å². The molecule has 4 atom stereocenters. The Morgan fingerprint density at radius 1 is 0.500 bits per heavy atom. The molecule has 18 heteroatoms. The smallest absolute Gasteiger partial charge is 0.459 e. The normalized spacial score (nSPS) is 16.8. The van der Waals surface area contributed by atoms with Crippen LogP contribution >= 0.6 is 0 Å². The molecule has 0 radical (unpaired) electrons. The van der Waals surface area contributed by atoms with Crippen LogP contribution in [0.4, 0.5) is 9.59 Å².